The van der Waals surface area contributed by atoms with E-state index >= 15 is 0 Å². The molecule has 0 amide bonds. The molecule has 5 rings (SSSR count). The van der Waals surface area contributed by atoms with Gasteiger partial charge in [-0.2, -0.15) is 0 Å². The van der Waals surface area contributed by atoms with Crippen LogP contribution < -0.4 is 0 Å². The number of benzene rings is 3. The van der Waals surface area contributed by atoms with Crippen LogP contribution in [0.2, 0.25) is 0 Å². The molecule has 0 radical (unpaired) electrons. The van der Waals surface area contributed by atoms with Crippen molar-refractivity contribution < 1.29 is 0 Å². The summed E-state index contributed by atoms with van der Waals surface area (Å²) in [5.41, 5.74) is 5.07. The van der Waals surface area contributed by atoms with E-state index in [0.29, 0.717) is 0 Å². The molecule has 0 unspecified atom stereocenters. The van der Waals surface area contributed by atoms with E-state index in [1.165, 1.54) is 0 Å². The molecule has 0 saturated carbocycles. The summed E-state index contributed by atoms with van der Waals surface area (Å²) in [4.78, 5) is 9.59. The number of fused-ring (bicyclic) bond motifs is 3. The van der Waals surface area contributed by atoms with Crippen molar-refractivity contribution in [3.05, 3.63) is 120 Å². The van der Waals surface area contributed by atoms with Gasteiger partial charge < -0.3 is 0 Å². The Morgan fingerprint density at radius 2 is 0.800 bits per heavy atom. The summed E-state index contributed by atoms with van der Waals surface area (Å²) in [6, 6.07) is 31.9. The maximum Gasteiger partial charge on any atom is 0.114 e. The van der Waals surface area contributed by atoms with Crippen molar-refractivity contribution in [2.75, 3.05) is 0 Å². The van der Waals surface area contributed by atoms with Gasteiger partial charge in [0.25, 0.3) is 0 Å². The Balaban J connectivity index is 1.59. The van der Waals surface area contributed by atoms with E-state index < -0.39 is 0 Å². The first-order valence-corrected chi connectivity index (χ1v) is 9.70. The van der Waals surface area contributed by atoms with E-state index in [1.807, 2.05) is 84.9 Å². The number of aromatic nitrogens is 2. The van der Waals surface area contributed by atoms with Crippen LogP contribution >= 0.6 is 0 Å². The van der Waals surface area contributed by atoms with Gasteiger partial charge in [0.15, 0.2) is 0 Å². The van der Waals surface area contributed by atoms with Gasteiger partial charge in [0.2, 0.25) is 0 Å². The number of nitrogens with zero attached hydrogens (tertiary/aromatic N) is 2. The molecule has 2 heteroatoms. The topological polar surface area (TPSA) is 25.8 Å². The zero-order valence-electron chi connectivity index (χ0n) is 16.1. The summed E-state index contributed by atoms with van der Waals surface area (Å²) < 4.78 is 0. The lowest BCUT2D eigenvalue weighted by molar-refractivity contribution is 1.33. The molecule has 2 aromatic heterocycles. The summed E-state index contributed by atoms with van der Waals surface area (Å²) in [5.74, 6) is 12.7. The Morgan fingerprint density at radius 3 is 1.23 bits per heavy atom. The van der Waals surface area contributed by atoms with Crippen molar-refractivity contribution in [1.29, 1.82) is 0 Å². The lowest BCUT2D eigenvalue weighted by Gasteiger charge is -2.03. The molecule has 0 bridgehead atoms. The SMILES string of the molecule is C(#Cc1ccc2ccc3ccc(C#Cc4ccccc4)nc3c2n1)c1ccccc1. The fourth-order valence-corrected chi connectivity index (χ4v) is 3.22. The number of hydrogen-bond donors (Lipinski definition) is 0. The van der Waals surface area contributed by atoms with Gasteiger partial charge in [-0.15, -0.1) is 0 Å². The van der Waals surface area contributed by atoms with E-state index in [1.54, 1.807) is 0 Å². The molecule has 0 fully saturated rings. The maximum atomic E-state index is 4.79. The average Bonchev–Trinajstić information content (AvgIpc) is 2.82. The molecule has 0 N–H and O–H groups in total. The predicted molar refractivity (Wildman–Crippen MR) is 122 cm³/mol. The monoisotopic (exact) mass is 380 g/mol. The predicted octanol–water partition coefficient (Wildman–Crippen LogP) is 5.58. The lowest BCUT2D eigenvalue weighted by atomic mass is 10.1. The zero-order chi connectivity index (χ0) is 20.2. The van der Waals surface area contributed by atoms with Gasteiger partial charge in [0.1, 0.15) is 11.4 Å². The third kappa shape index (κ3) is 3.76. The van der Waals surface area contributed by atoms with Gasteiger partial charge >= 0.3 is 0 Å². The largest absolute Gasteiger partial charge is 0.237 e. The second-order valence-electron chi connectivity index (χ2n) is 6.83. The van der Waals surface area contributed by atoms with Crippen LogP contribution in [0, 0.1) is 23.7 Å². The molecule has 138 valence electrons. The van der Waals surface area contributed by atoms with Crippen LogP contribution in [-0.4, -0.2) is 9.97 Å². The molecular weight excluding hydrogens is 364 g/mol. The third-order valence-corrected chi connectivity index (χ3v) is 4.74. The molecule has 0 saturated heterocycles. The molecule has 3 aromatic carbocycles. The highest BCUT2D eigenvalue weighted by atomic mass is 14.8. The van der Waals surface area contributed by atoms with Gasteiger partial charge in [0.05, 0.1) is 11.0 Å². The first kappa shape index (κ1) is 17.7. The molecule has 0 aliphatic heterocycles. The van der Waals surface area contributed by atoms with Crippen LogP contribution in [0.5, 0.6) is 0 Å². The van der Waals surface area contributed by atoms with Crippen molar-refractivity contribution in [3.8, 4) is 23.7 Å². The molecule has 5 aromatic rings. The zero-order valence-corrected chi connectivity index (χ0v) is 16.1. The fraction of sp³-hybridized carbons (Fsp3) is 0. The minimum atomic E-state index is 0.724. The standard InChI is InChI=1S/C28H16N2/c1-3-7-21(8-4-1)11-17-25-19-15-23-13-14-24-16-20-26(30-28(24)27(23)29-25)18-12-22-9-5-2-6-10-22/h1-10,13-16,19-20H. The second kappa shape index (κ2) is 7.92. The first-order chi connectivity index (χ1) is 14.8. The van der Waals surface area contributed by atoms with Gasteiger partial charge in [-0.3, -0.25) is 0 Å². The highest BCUT2D eigenvalue weighted by molar-refractivity contribution is 6.03. The van der Waals surface area contributed by atoms with E-state index in [9.17, 15) is 0 Å². The second-order valence-corrected chi connectivity index (χ2v) is 6.83. The summed E-state index contributed by atoms with van der Waals surface area (Å²) in [6.45, 7) is 0. The summed E-state index contributed by atoms with van der Waals surface area (Å²) >= 11 is 0. The Kier molecular flexibility index (Phi) is 4.67. The molecular formula is C28H16N2. The van der Waals surface area contributed by atoms with E-state index in [2.05, 4.69) is 35.8 Å². The number of pyridine rings is 2. The maximum absolute atomic E-state index is 4.79. The number of rotatable bonds is 0. The highest BCUT2D eigenvalue weighted by Crippen LogP contribution is 2.23. The van der Waals surface area contributed by atoms with Crippen LogP contribution in [0.15, 0.2) is 97.1 Å². The van der Waals surface area contributed by atoms with Crippen molar-refractivity contribution in [2.45, 2.75) is 0 Å². The molecule has 0 atom stereocenters. The average molecular weight is 380 g/mol. The van der Waals surface area contributed by atoms with E-state index in [0.717, 1.165) is 44.3 Å². The minimum absolute atomic E-state index is 0.724. The van der Waals surface area contributed by atoms with Crippen LogP contribution in [0.1, 0.15) is 22.5 Å². The number of hydrogen-bond acceptors (Lipinski definition) is 2. The minimum Gasteiger partial charge on any atom is -0.237 e. The quantitative estimate of drug-likeness (QED) is 0.259. The van der Waals surface area contributed by atoms with E-state index in [-0.39, 0.29) is 0 Å². The summed E-state index contributed by atoms with van der Waals surface area (Å²) in [7, 11) is 0. The fourth-order valence-electron chi connectivity index (χ4n) is 3.22. The highest BCUT2D eigenvalue weighted by Gasteiger charge is 2.05. The smallest absolute Gasteiger partial charge is 0.114 e. The Morgan fingerprint density at radius 1 is 0.400 bits per heavy atom. The molecule has 30 heavy (non-hydrogen) atoms. The van der Waals surface area contributed by atoms with Crippen molar-refractivity contribution in [1.82, 2.24) is 9.97 Å². The van der Waals surface area contributed by atoms with E-state index in [4.69, 9.17) is 9.97 Å². The van der Waals surface area contributed by atoms with Gasteiger partial charge in [-0.25, -0.2) is 9.97 Å². The van der Waals surface area contributed by atoms with Crippen LogP contribution in [-0.2, 0) is 0 Å². The molecule has 0 aliphatic carbocycles. The van der Waals surface area contributed by atoms with Gasteiger partial charge in [-0.1, -0.05) is 60.4 Å². The Bertz CT molecular complexity index is 1360. The first-order valence-electron chi connectivity index (χ1n) is 9.70. The molecule has 0 aliphatic rings. The normalized spacial score (nSPS) is 10.1. The van der Waals surface area contributed by atoms with Crippen molar-refractivity contribution in [3.63, 3.8) is 0 Å². The third-order valence-electron chi connectivity index (χ3n) is 4.74. The molecule has 0 spiro atoms. The molecule has 2 heterocycles. The van der Waals surface area contributed by atoms with Crippen LogP contribution in [0.4, 0.5) is 0 Å². The summed E-state index contributed by atoms with van der Waals surface area (Å²) in [5, 5.41) is 2.07. The van der Waals surface area contributed by atoms with Crippen LogP contribution in [0.3, 0.4) is 0 Å². The van der Waals surface area contributed by atoms with Crippen molar-refractivity contribution in [2.24, 2.45) is 0 Å². The summed E-state index contributed by atoms with van der Waals surface area (Å²) in [6.07, 6.45) is 0. The van der Waals surface area contributed by atoms with Crippen molar-refractivity contribution >= 4 is 21.8 Å². The Labute approximate surface area is 175 Å². The molecule has 2 nitrogen and oxygen atoms in total. The lowest BCUT2D eigenvalue weighted by Crippen LogP contribution is -1.91. The van der Waals surface area contributed by atoms with Crippen LogP contribution in [0.25, 0.3) is 21.8 Å². The Hall–Kier alpha value is -4.40. The van der Waals surface area contributed by atoms with Gasteiger partial charge in [-0.05, 0) is 60.4 Å². The van der Waals surface area contributed by atoms with Gasteiger partial charge in [0, 0.05) is 21.9 Å².